The molecular weight excluding hydrogens is 232 g/mol. The molecule has 0 saturated heterocycles. The van der Waals surface area contributed by atoms with Gasteiger partial charge in [0.1, 0.15) is 6.00 Å². The molecule has 5 heteroatoms. The Morgan fingerprint density at radius 3 is 3.07 bits per heavy atom. The molecular formula is C10H11ClN2OS. The van der Waals surface area contributed by atoms with Crippen LogP contribution < -0.4 is 10.2 Å². The number of fused-ring (bicyclic) bond motifs is 1. The molecule has 0 aliphatic carbocycles. The van der Waals surface area contributed by atoms with Crippen LogP contribution in [-0.2, 0) is 4.79 Å². The van der Waals surface area contributed by atoms with E-state index >= 15 is 0 Å². The third kappa shape index (κ3) is 1.92. The van der Waals surface area contributed by atoms with Crippen LogP contribution >= 0.6 is 23.4 Å². The van der Waals surface area contributed by atoms with Crippen LogP contribution in [0.4, 0.5) is 11.4 Å². The summed E-state index contributed by atoms with van der Waals surface area (Å²) in [6, 6.07) is 6.16. The Labute approximate surface area is 97.8 Å². The van der Waals surface area contributed by atoms with Gasteiger partial charge in [-0.2, -0.15) is 0 Å². The first-order valence-corrected chi connectivity index (χ1v) is 6.09. The van der Waals surface area contributed by atoms with Crippen LogP contribution in [0.15, 0.2) is 23.1 Å². The number of anilines is 2. The van der Waals surface area contributed by atoms with Crippen LogP contribution in [-0.4, -0.2) is 24.7 Å². The maximum Gasteiger partial charge on any atom is 0.238 e. The van der Waals surface area contributed by atoms with Gasteiger partial charge >= 0.3 is 0 Å². The Morgan fingerprint density at radius 2 is 2.40 bits per heavy atom. The fraction of sp³-hybridized carbons (Fsp3) is 0.300. The fourth-order valence-electron chi connectivity index (χ4n) is 1.49. The van der Waals surface area contributed by atoms with Crippen molar-refractivity contribution >= 4 is 40.6 Å². The summed E-state index contributed by atoms with van der Waals surface area (Å²) in [4.78, 5) is 14.3. The largest absolute Gasteiger partial charge is 0.388 e. The average Bonchev–Trinajstić information content (AvgIpc) is 2.28. The van der Waals surface area contributed by atoms with Gasteiger partial charge in [-0.3, -0.25) is 9.69 Å². The first-order chi connectivity index (χ1) is 7.26. The number of hydrogen-bond acceptors (Lipinski definition) is 3. The highest BCUT2D eigenvalue weighted by Gasteiger charge is 2.23. The van der Waals surface area contributed by atoms with Crippen LogP contribution in [0.2, 0.25) is 0 Å². The molecule has 1 aliphatic rings. The van der Waals surface area contributed by atoms with Crippen molar-refractivity contribution in [1.29, 1.82) is 0 Å². The fourth-order valence-corrected chi connectivity index (χ4v) is 2.67. The lowest BCUT2D eigenvalue weighted by Gasteiger charge is -2.27. The van der Waals surface area contributed by atoms with Gasteiger partial charge in [0.25, 0.3) is 0 Å². The van der Waals surface area contributed by atoms with Gasteiger partial charge < -0.3 is 5.32 Å². The van der Waals surface area contributed by atoms with Gasteiger partial charge in [-0.05, 0) is 18.2 Å². The standard InChI is InChI=1S/C10H11ClN2OS/c1-12-7-2-3-9-8(4-7)13(6-11)10(14)5-15-9/h2-4,12H,5-6H2,1H3. The molecule has 0 fully saturated rings. The number of carbonyl (C=O) groups excluding carboxylic acids is 1. The second-order valence-electron chi connectivity index (χ2n) is 3.16. The minimum atomic E-state index is 0.0655. The predicted octanol–water partition coefficient (Wildman–Crippen LogP) is 2.36. The number of hydrogen-bond donors (Lipinski definition) is 1. The highest BCUT2D eigenvalue weighted by molar-refractivity contribution is 8.00. The molecule has 80 valence electrons. The van der Waals surface area contributed by atoms with Crippen molar-refractivity contribution in [2.24, 2.45) is 0 Å². The highest BCUT2D eigenvalue weighted by Crippen LogP contribution is 2.37. The lowest BCUT2D eigenvalue weighted by molar-refractivity contribution is -0.116. The Bertz CT molecular complexity index is 397. The van der Waals surface area contributed by atoms with Crippen molar-refractivity contribution < 1.29 is 4.79 Å². The molecule has 0 unspecified atom stereocenters. The summed E-state index contributed by atoms with van der Waals surface area (Å²) in [7, 11) is 1.85. The number of nitrogens with zero attached hydrogens (tertiary/aromatic N) is 1. The number of nitrogens with one attached hydrogen (secondary N) is 1. The molecule has 1 aromatic rings. The van der Waals surface area contributed by atoms with Gasteiger partial charge in [0.15, 0.2) is 0 Å². The zero-order valence-corrected chi connectivity index (χ0v) is 9.86. The van der Waals surface area contributed by atoms with Gasteiger partial charge in [-0.15, -0.1) is 23.4 Å². The van der Waals surface area contributed by atoms with E-state index < -0.39 is 0 Å². The number of amides is 1. The first-order valence-electron chi connectivity index (χ1n) is 4.57. The van der Waals surface area contributed by atoms with Gasteiger partial charge in [0.05, 0.1) is 11.4 Å². The molecule has 2 rings (SSSR count). The zero-order chi connectivity index (χ0) is 10.8. The summed E-state index contributed by atoms with van der Waals surface area (Å²) in [5.41, 5.74) is 1.89. The Hall–Kier alpha value is -0.870. The van der Waals surface area contributed by atoms with Gasteiger partial charge in [-0.25, -0.2) is 0 Å². The third-order valence-electron chi connectivity index (χ3n) is 2.31. The van der Waals surface area contributed by atoms with E-state index in [0.717, 1.165) is 16.3 Å². The number of thioether (sulfide) groups is 1. The monoisotopic (exact) mass is 242 g/mol. The topological polar surface area (TPSA) is 32.3 Å². The van der Waals surface area contributed by atoms with E-state index in [1.165, 1.54) is 0 Å². The molecule has 0 spiro atoms. The predicted molar refractivity (Wildman–Crippen MR) is 64.9 cm³/mol. The van der Waals surface area contributed by atoms with Gasteiger partial charge in [0.2, 0.25) is 5.91 Å². The van der Waals surface area contributed by atoms with Crippen LogP contribution in [0.5, 0.6) is 0 Å². The van der Waals surface area contributed by atoms with Crippen molar-refractivity contribution in [3.05, 3.63) is 18.2 Å². The molecule has 1 aromatic carbocycles. The minimum absolute atomic E-state index is 0.0655. The number of alkyl halides is 1. The quantitative estimate of drug-likeness (QED) is 0.638. The van der Waals surface area contributed by atoms with Crippen molar-refractivity contribution in [3.63, 3.8) is 0 Å². The molecule has 0 bridgehead atoms. The molecule has 15 heavy (non-hydrogen) atoms. The summed E-state index contributed by atoms with van der Waals surface area (Å²) < 4.78 is 0. The first kappa shape index (κ1) is 10.6. The van der Waals surface area contributed by atoms with Crippen LogP contribution in [0.25, 0.3) is 0 Å². The molecule has 3 nitrogen and oxygen atoms in total. The Morgan fingerprint density at radius 1 is 1.60 bits per heavy atom. The van der Waals surface area contributed by atoms with E-state index in [2.05, 4.69) is 5.32 Å². The van der Waals surface area contributed by atoms with Gasteiger partial charge in [-0.1, -0.05) is 0 Å². The molecule has 0 saturated carbocycles. The van der Waals surface area contributed by atoms with E-state index in [1.807, 2.05) is 25.2 Å². The van der Waals surface area contributed by atoms with E-state index in [0.29, 0.717) is 5.75 Å². The molecule has 1 N–H and O–H groups in total. The molecule has 1 amide bonds. The van der Waals surface area contributed by atoms with E-state index in [9.17, 15) is 4.79 Å². The lowest BCUT2D eigenvalue weighted by atomic mass is 10.2. The van der Waals surface area contributed by atoms with Gasteiger partial charge in [0, 0.05) is 17.6 Å². The average molecular weight is 243 g/mol. The van der Waals surface area contributed by atoms with Crippen LogP contribution in [0, 0.1) is 0 Å². The van der Waals surface area contributed by atoms with Crippen molar-refractivity contribution in [2.45, 2.75) is 4.90 Å². The molecule has 1 aliphatic heterocycles. The summed E-state index contributed by atoms with van der Waals surface area (Å²) in [5, 5.41) is 3.05. The van der Waals surface area contributed by atoms with Crippen molar-refractivity contribution in [1.82, 2.24) is 0 Å². The Kier molecular flexibility index (Phi) is 3.07. The number of halogens is 1. The van der Waals surface area contributed by atoms with Crippen molar-refractivity contribution in [2.75, 3.05) is 29.0 Å². The maximum absolute atomic E-state index is 11.6. The Balaban J connectivity index is 2.45. The lowest BCUT2D eigenvalue weighted by Crippen LogP contribution is -2.34. The molecule has 0 aromatic heterocycles. The number of benzene rings is 1. The SMILES string of the molecule is CNc1ccc2c(c1)N(CCl)C(=O)CS2. The van der Waals surface area contributed by atoms with Crippen LogP contribution in [0.1, 0.15) is 0 Å². The zero-order valence-electron chi connectivity index (χ0n) is 8.29. The van der Waals surface area contributed by atoms with E-state index in [1.54, 1.807) is 16.7 Å². The number of rotatable bonds is 2. The molecule has 0 atom stereocenters. The maximum atomic E-state index is 11.6. The van der Waals surface area contributed by atoms with Crippen LogP contribution in [0.3, 0.4) is 0 Å². The van der Waals surface area contributed by atoms with E-state index in [4.69, 9.17) is 11.6 Å². The number of carbonyl (C=O) groups is 1. The van der Waals surface area contributed by atoms with Crippen molar-refractivity contribution in [3.8, 4) is 0 Å². The highest BCUT2D eigenvalue weighted by atomic mass is 35.5. The summed E-state index contributed by atoms with van der Waals surface area (Å²) in [6.45, 7) is 0. The smallest absolute Gasteiger partial charge is 0.238 e. The summed E-state index contributed by atoms with van der Waals surface area (Å²) in [6.07, 6.45) is 0. The summed E-state index contributed by atoms with van der Waals surface area (Å²) in [5.74, 6) is 0.536. The molecule has 1 heterocycles. The second-order valence-corrected chi connectivity index (χ2v) is 4.42. The normalized spacial score (nSPS) is 15.1. The molecule has 0 radical (unpaired) electrons. The third-order valence-corrected chi connectivity index (χ3v) is 3.60. The van der Waals surface area contributed by atoms with E-state index in [-0.39, 0.29) is 11.9 Å². The minimum Gasteiger partial charge on any atom is -0.388 e. The summed E-state index contributed by atoms with van der Waals surface area (Å²) >= 11 is 7.33. The second kappa shape index (κ2) is 4.33.